The van der Waals surface area contributed by atoms with Crippen molar-refractivity contribution in [3.8, 4) is 0 Å². The summed E-state index contributed by atoms with van der Waals surface area (Å²) in [6, 6.07) is 0. The summed E-state index contributed by atoms with van der Waals surface area (Å²) < 4.78 is 7.99. The predicted octanol–water partition coefficient (Wildman–Crippen LogP) is 2.96. The van der Waals surface area contributed by atoms with Gasteiger partial charge >= 0.3 is 0 Å². The maximum atomic E-state index is 5.28. The van der Waals surface area contributed by atoms with Gasteiger partial charge in [-0.1, -0.05) is 20.8 Å². The van der Waals surface area contributed by atoms with E-state index in [4.69, 9.17) is 17.0 Å². The molecule has 0 unspecified atom stereocenters. The van der Waals surface area contributed by atoms with Crippen molar-refractivity contribution >= 4 is 12.2 Å². The third-order valence-corrected chi connectivity index (χ3v) is 3.19. The molecular formula is C12H23N3OS. The molecule has 0 saturated heterocycles. The Bertz CT molecular complexity index is 395. The van der Waals surface area contributed by atoms with Crippen LogP contribution in [0.2, 0.25) is 0 Å². The number of aromatic amines is 1. The highest BCUT2D eigenvalue weighted by Crippen LogP contribution is 2.23. The van der Waals surface area contributed by atoms with E-state index in [2.05, 4.69) is 35.5 Å². The van der Waals surface area contributed by atoms with Crippen LogP contribution in [0.5, 0.6) is 0 Å². The Morgan fingerprint density at radius 2 is 2.18 bits per heavy atom. The lowest BCUT2D eigenvalue weighted by atomic mass is 9.89. The Balaban J connectivity index is 2.79. The summed E-state index contributed by atoms with van der Waals surface area (Å²) in [4.78, 5) is 0. The Kier molecular flexibility index (Phi) is 5.33. The summed E-state index contributed by atoms with van der Waals surface area (Å²) >= 11 is 5.28. The fourth-order valence-corrected chi connectivity index (χ4v) is 2.03. The fourth-order valence-electron chi connectivity index (χ4n) is 1.81. The highest BCUT2D eigenvalue weighted by atomic mass is 32.1. The predicted molar refractivity (Wildman–Crippen MR) is 71.7 cm³/mol. The number of ether oxygens (including phenoxy) is 1. The Labute approximate surface area is 108 Å². The summed E-state index contributed by atoms with van der Waals surface area (Å²) in [5, 5.41) is 7.17. The van der Waals surface area contributed by atoms with E-state index in [1.807, 2.05) is 0 Å². The van der Waals surface area contributed by atoms with Crippen LogP contribution in [0.3, 0.4) is 0 Å². The summed E-state index contributed by atoms with van der Waals surface area (Å²) in [6.45, 7) is 8.29. The molecule has 4 nitrogen and oxygen atoms in total. The molecule has 98 valence electrons. The summed E-state index contributed by atoms with van der Waals surface area (Å²) in [7, 11) is 1.74. The van der Waals surface area contributed by atoms with Gasteiger partial charge in [-0.25, -0.2) is 0 Å². The van der Waals surface area contributed by atoms with Crippen molar-refractivity contribution < 1.29 is 4.74 Å². The lowest BCUT2D eigenvalue weighted by Crippen LogP contribution is -2.23. The molecule has 5 heteroatoms. The number of methoxy groups -OCH3 is 1. The number of rotatable bonds is 7. The highest BCUT2D eigenvalue weighted by molar-refractivity contribution is 7.71. The number of aryl methyl sites for hydroxylation is 1. The van der Waals surface area contributed by atoms with Crippen molar-refractivity contribution in [2.24, 2.45) is 5.41 Å². The van der Waals surface area contributed by atoms with E-state index in [1.54, 1.807) is 7.11 Å². The zero-order valence-electron chi connectivity index (χ0n) is 11.2. The van der Waals surface area contributed by atoms with E-state index in [0.717, 1.165) is 43.0 Å². The summed E-state index contributed by atoms with van der Waals surface area (Å²) in [6.07, 6.45) is 3.06. The van der Waals surface area contributed by atoms with Crippen molar-refractivity contribution in [2.75, 3.05) is 13.7 Å². The topological polar surface area (TPSA) is 42.8 Å². The Morgan fingerprint density at radius 1 is 1.47 bits per heavy atom. The molecule has 0 aliphatic heterocycles. The highest BCUT2D eigenvalue weighted by Gasteiger charge is 2.20. The minimum absolute atomic E-state index is 0.167. The maximum absolute atomic E-state index is 5.28. The molecule has 0 aliphatic carbocycles. The van der Waals surface area contributed by atoms with Gasteiger partial charge in [0.1, 0.15) is 5.82 Å². The number of nitrogens with one attached hydrogen (secondary N) is 1. The summed E-state index contributed by atoms with van der Waals surface area (Å²) in [5.74, 6) is 1.06. The van der Waals surface area contributed by atoms with E-state index >= 15 is 0 Å². The second kappa shape index (κ2) is 6.31. The number of hydrogen-bond donors (Lipinski definition) is 1. The monoisotopic (exact) mass is 257 g/mol. The van der Waals surface area contributed by atoms with Crippen LogP contribution in [0.25, 0.3) is 0 Å². The van der Waals surface area contributed by atoms with Crippen molar-refractivity contribution in [2.45, 2.75) is 46.6 Å². The molecule has 0 saturated carbocycles. The number of nitrogens with zero attached hydrogens (tertiary/aromatic N) is 2. The third kappa shape index (κ3) is 4.24. The Morgan fingerprint density at radius 3 is 2.76 bits per heavy atom. The molecule has 1 N–H and O–H groups in total. The average molecular weight is 257 g/mol. The molecule has 1 rings (SSSR count). The molecule has 0 amide bonds. The molecule has 0 aromatic carbocycles. The zero-order valence-corrected chi connectivity index (χ0v) is 12.1. The van der Waals surface area contributed by atoms with Crippen molar-refractivity contribution in [1.29, 1.82) is 0 Å². The lowest BCUT2D eigenvalue weighted by molar-refractivity contribution is 0.141. The van der Waals surface area contributed by atoms with E-state index in [1.165, 1.54) is 0 Å². The zero-order chi connectivity index (χ0) is 12.9. The first kappa shape index (κ1) is 14.4. The molecular weight excluding hydrogens is 234 g/mol. The molecule has 0 spiro atoms. The first-order chi connectivity index (χ1) is 8.00. The van der Waals surface area contributed by atoms with E-state index < -0.39 is 0 Å². The molecule has 17 heavy (non-hydrogen) atoms. The van der Waals surface area contributed by atoms with Crippen LogP contribution < -0.4 is 0 Å². The van der Waals surface area contributed by atoms with Crippen LogP contribution in [0.1, 0.15) is 39.4 Å². The first-order valence-corrected chi connectivity index (χ1v) is 6.54. The second-order valence-corrected chi connectivity index (χ2v) is 5.57. The molecule has 1 heterocycles. The number of H-pyrrole nitrogens is 1. The largest absolute Gasteiger partial charge is 0.385 e. The molecule has 1 aromatic heterocycles. The van der Waals surface area contributed by atoms with Crippen molar-refractivity contribution in [1.82, 2.24) is 14.8 Å². The van der Waals surface area contributed by atoms with Gasteiger partial charge in [0.2, 0.25) is 0 Å². The second-order valence-electron chi connectivity index (χ2n) is 5.19. The van der Waals surface area contributed by atoms with E-state index in [0.29, 0.717) is 0 Å². The number of aromatic nitrogens is 3. The molecule has 0 bridgehead atoms. The fraction of sp³-hybridized carbons (Fsp3) is 0.833. The van der Waals surface area contributed by atoms with Crippen LogP contribution in [-0.4, -0.2) is 28.5 Å². The van der Waals surface area contributed by atoms with Gasteiger partial charge in [0.25, 0.3) is 0 Å². The van der Waals surface area contributed by atoms with Gasteiger partial charge in [-0.15, -0.1) is 0 Å². The van der Waals surface area contributed by atoms with Crippen molar-refractivity contribution in [3.05, 3.63) is 10.6 Å². The first-order valence-electron chi connectivity index (χ1n) is 6.13. The molecule has 0 aliphatic rings. The van der Waals surface area contributed by atoms with Crippen LogP contribution in [-0.2, 0) is 17.7 Å². The normalized spacial score (nSPS) is 12.0. The Hall–Kier alpha value is -0.680. The van der Waals surface area contributed by atoms with Crippen LogP contribution >= 0.6 is 12.2 Å². The van der Waals surface area contributed by atoms with Crippen LogP contribution in [0.4, 0.5) is 0 Å². The van der Waals surface area contributed by atoms with Crippen LogP contribution in [0.15, 0.2) is 0 Å². The molecule has 1 aromatic rings. The van der Waals surface area contributed by atoms with Gasteiger partial charge < -0.3 is 9.30 Å². The minimum atomic E-state index is 0.167. The number of hydrogen-bond acceptors (Lipinski definition) is 3. The smallest absolute Gasteiger partial charge is 0.195 e. The average Bonchev–Trinajstić information content (AvgIpc) is 2.59. The van der Waals surface area contributed by atoms with Gasteiger partial charge in [-0.3, -0.25) is 5.10 Å². The van der Waals surface area contributed by atoms with Gasteiger partial charge in [0.15, 0.2) is 4.77 Å². The summed E-state index contributed by atoms with van der Waals surface area (Å²) in [5.41, 5.74) is 0.167. The quantitative estimate of drug-likeness (QED) is 0.764. The minimum Gasteiger partial charge on any atom is -0.385 e. The van der Waals surface area contributed by atoms with Gasteiger partial charge in [0.05, 0.1) is 0 Å². The van der Waals surface area contributed by atoms with E-state index in [-0.39, 0.29) is 5.41 Å². The van der Waals surface area contributed by atoms with Crippen molar-refractivity contribution in [3.63, 3.8) is 0 Å². The molecule has 0 fully saturated rings. The lowest BCUT2D eigenvalue weighted by Gasteiger charge is -2.25. The van der Waals surface area contributed by atoms with Gasteiger partial charge in [-0.05, 0) is 30.5 Å². The van der Waals surface area contributed by atoms with E-state index in [9.17, 15) is 0 Å². The third-order valence-electron chi connectivity index (χ3n) is 2.88. The SMILES string of the molecule is CCCc1n[nH]c(=S)n1CC(C)(C)CCOC. The molecule has 0 radical (unpaired) electrons. The van der Waals surface area contributed by atoms with Gasteiger partial charge in [0, 0.05) is 26.7 Å². The standard InChI is InChI=1S/C12H23N3OS/c1-5-6-10-13-14-11(17)15(10)9-12(2,3)7-8-16-4/h5-9H2,1-4H3,(H,14,17). The van der Waals surface area contributed by atoms with Gasteiger partial charge in [-0.2, -0.15) is 5.10 Å². The maximum Gasteiger partial charge on any atom is 0.195 e. The molecule has 0 atom stereocenters. The van der Waals surface area contributed by atoms with Crippen LogP contribution in [0, 0.1) is 10.2 Å².